The van der Waals surface area contributed by atoms with Crippen molar-refractivity contribution in [3.63, 3.8) is 0 Å². The van der Waals surface area contributed by atoms with E-state index < -0.39 is 0 Å². The molecule has 0 spiro atoms. The highest BCUT2D eigenvalue weighted by molar-refractivity contribution is 5.91. The van der Waals surface area contributed by atoms with Gasteiger partial charge in [0.25, 0.3) is 0 Å². The highest BCUT2D eigenvalue weighted by atomic mass is 16.5. The molecule has 4 heteroatoms. The predicted molar refractivity (Wildman–Crippen MR) is 168 cm³/mol. The summed E-state index contributed by atoms with van der Waals surface area (Å²) in [5.74, 6) is 0.920. The fourth-order valence-electron chi connectivity index (χ4n) is 4.89. The average Bonchev–Trinajstić information content (AvgIpc) is 2.98. The lowest BCUT2D eigenvalue weighted by Crippen LogP contribution is -2.08. The summed E-state index contributed by atoms with van der Waals surface area (Å²) in [6.07, 6.45) is 23.0. The van der Waals surface area contributed by atoms with Gasteiger partial charge in [0.15, 0.2) is 0 Å². The molecule has 1 atom stereocenters. The first kappa shape index (κ1) is 33.9. The molecule has 2 rings (SSSR count). The summed E-state index contributed by atoms with van der Waals surface area (Å²) in [4.78, 5) is 12.5. The molecule has 2 aromatic rings. The van der Waals surface area contributed by atoms with E-state index in [0.717, 1.165) is 30.8 Å². The van der Waals surface area contributed by atoms with Crippen LogP contribution in [-0.2, 0) is 4.74 Å². The number of carbonyl (C=O) groups excluding carboxylic acids is 1. The van der Waals surface area contributed by atoms with Crippen LogP contribution in [-0.4, -0.2) is 19.2 Å². The third-order valence-electron chi connectivity index (χ3n) is 7.49. The summed E-state index contributed by atoms with van der Waals surface area (Å²) in [6, 6.07) is 14.7. The Labute approximate surface area is 245 Å². The number of hydrogen-bond donors (Lipinski definition) is 0. The molecule has 0 saturated heterocycles. The Morgan fingerprint density at radius 3 is 1.55 bits per heavy atom. The van der Waals surface area contributed by atoms with Gasteiger partial charge in [0, 0.05) is 6.61 Å². The van der Waals surface area contributed by atoms with Gasteiger partial charge in [-0.2, -0.15) is 0 Å². The molecule has 0 aliphatic rings. The molecule has 0 bridgehead atoms. The van der Waals surface area contributed by atoms with Gasteiger partial charge >= 0.3 is 5.97 Å². The van der Waals surface area contributed by atoms with E-state index in [1.165, 1.54) is 96.3 Å². The molecule has 224 valence electrons. The molecule has 0 N–H and O–H groups in total. The SMILES string of the molecule is CCCCCCCCCCCCCCCCCCOC(C)c1ccc(OC(=O)c2ccc(OCCC)cc2)cc1. The molecule has 0 saturated carbocycles. The van der Waals surface area contributed by atoms with Crippen molar-refractivity contribution in [3.05, 3.63) is 59.7 Å². The molecule has 40 heavy (non-hydrogen) atoms. The third-order valence-corrected chi connectivity index (χ3v) is 7.49. The van der Waals surface area contributed by atoms with E-state index in [2.05, 4.69) is 20.8 Å². The Kier molecular flexibility index (Phi) is 18.9. The standard InChI is InChI=1S/C36H56O4/c1-4-6-7-8-9-10-11-12-13-14-15-16-17-18-19-20-30-38-31(3)32-21-27-35(28-22-32)40-36(37)33-23-25-34(26-24-33)39-29-5-2/h21-28,31H,4-20,29-30H2,1-3H3. The zero-order valence-corrected chi connectivity index (χ0v) is 25.8. The molecular weight excluding hydrogens is 496 g/mol. The maximum atomic E-state index is 12.5. The molecule has 0 fully saturated rings. The van der Waals surface area contributed by atoms with E-state index in [0.29, 0.717) is 17.9 Å². The summed E-state index contributed by atoms with van der Waals surface area (Å²) < 4.78 is 17.2. The summed E-state index contributed by atoms with van der Waals surface area (Å²) in [5.41, 5.74) is 1.59. The average molecular weight is 553 g/mol. The fraction of sp³-hybridized carbons (Fsp3) is 0.639. The van der Waals surface area contributed by atoms with Crippen LogP contribution in [0.3, 0.4) is 0 Å². The van der Waals surface area contributed by atoms with Gasteiger partial charge < -0.3 is 14.2 Å². The number of carbonyl (C=O) groups is 1. The molecule has 0 aromatic heterocycles. The lowest BCUT2D eigenvalue weighted by Gasteiger charge is -2.14. The number of unbranched alkanes of at least 4 members (excludes halogenated alkanes) is 15. The van der Waals surface area contributed by atoms with Crippen LogP contribution in [0.25, 0.3) is 0 Å². The second-order valence-electron chi connectivity index (χ2n) is 11.1. The predicted octanol–water partition coefficient (Wildman–Crippen LogP) is 11.0. The van der Waals surface area contributed by atoms with Crippen molar-refractivity contribution in [1.82, 2.24) is 0 Å². The monoisotopic (exact) mass is 552 g/mol. The van der Waals surface area contributed by atoms with Crippen LogP contribution >= 0.6 is 0 Å². The van der Waals surface area contributed by atoms with Gasteiger partial charge in [-0.05, 0) is 61.7 Å². The molecule has 0 aliphatic heterocycles. The van der Waals surface area contributed by atoms with Crippen LogP contribution in [0.5, 0.6) is 11.5 Å². The Hall–Kier alpha value is -2.33. The molecule has 0 heterocycles. The van der Waals surface area contributed by atoms with Crippen molar-refractivity contribution in [3.8, 4) is 11.5 Å². The number of hydrogen-bond acceptors (Lipinski definition) is 4. The van der Waals surface area contributed by atoms with Crippen molar-refractivity contribution in [1.29, 1.82) is 0 Å². The lowest BCUT2D eigenvalue weighted by molar-refractivity contribution is 0.0627. The maximum Gasteiger partial charge on any atom is 0.343 e. The molecule has 4 nitrogen and oxygen atoms in total. The molecule has 0 amide bonds. The Bertz CT molecular complexity index is 875. The minimum atomic E-state index is -0.373. The zero-order valence-electron chi connectivity index (χ0n) is 25.8. The number of esters is 1. The van der Waals surface area contributed by atoms with E-state index in [1.807, 2.05) is 24.3 Å². The van der Waals surface area contributed by atoms with Crippen LogP contribution in [0.2, 0.25) is 0 Å². The van der Waals surface area contributed by atoms with Crippen LogP contribution in [0.1, 0.15) is 152 Å². The second-order valence-corrected chi connectivity index (χ2v) is 11.1. The van der Waals surface area contributed by atoms with E-state index in [4.69, 9.17) is 14.2 Å². The first-order valence-corrected chi connectivity index (χ1v) is 16.3. The van der Waals surface area contributed by atoms with Gasteiger partial charge in [0.05, 0.1) is 18.3 Å². The van der Waals surface area contributed by atoms with Gasteiger partial charge in [-0.15, -0.1) is 0 Å². The second kappa shape index (κ2) is 22.4. The number of rotatable bonds is 24. The maximum absolute atomic E-state index is 12.5. The van der Waals surface area contributed by atoms with Crippen LogP contribution in [0.4, 0.5) is 0 Å². The van der Waals surface area contributed by atoms with Crippen molar-refractivity contribution >= 4 is 5.97 Å². The Morgan fingerprint density at radius 1 is 0.575 bits per heavy atom. The van der Waals surface area contributed by atoms with E-state index in [-0.39, 0.29) is 12.1 Å². The first-order valence-electron chi connectivity index (χ1n) is 16.3. The molecule has 0 aliphatic carbocycles. The van der Waals surface area contributed by atoms with Gasteiger partial charge in [-0.25, -0.2) is 4.79 Å². The van der Waals surface area contributed by atoms with E-state index in [9.17, 15) is 4.79 Å². The van der Waals surface area contributed by atoms with Crippen molar-refractivity contribution < 1.29 is 19.0 Å². The fourth-order valence-corrected chi connectivity index (χ4v) is 4.89. The molecule has 1 unspecified atom stereocenters. The third kappa shape index (κ3) is 15.5. The normalized spacial score (nSPS) is 11.9. The Morgan fingerprint density at radius 2 is 1.05 bits per heavy atom. The van der Waals surface area contributed by atoms with Crippen LogP contribution < -0.4 is 9.47 Å². The molecular formula is C36H56O4. The quantitative estimate of drug-likeness (QED) is 0.0738. The number of ether oxygens (including phenoxy) is 3. The minimum absolute atomic E-state index is 0.0248. The summed E-state index contributed by atoms with van der Waals surface area (Å²) >= 11 is 0. The van der Waals surface area contributed by atoms with Gasteiger partial charge in [-0.1, -0.05) is 122 Å². The van der Waals surface area contributed by atoms with E-state index >= 15 is 0 Å². The topological polar surface area (TPSA) is 44.8 Å². The van der Waals surface area contributed by atoms with E-state index in [1.54, 1.807) is 24.3 Å². The van der Waals surface area contributed by atoms with Gasteiger partial charge in [-0.3, -0.25) is 0 Å². The van der Waals surface area contributed by atoms with Crippen molar-refractivity contribution in [2.75, 3.05) is 13.2 Å². The molecule has 2 aromatic carbocycles. The summed E-state index contributed by atoms with van der Waals surface area (Å²) in [7, 11) is 0. The Balaban J connectivity index is 1.47. The van der Waals surface area contributed by atoms with Crippen LogP contribution in [0.15, 0.2) is 48.5 Å². The van der Waals surface area contributed by atoms with Gasteiger partial charge in [0.1, 0.15) is 11.5 Å². The summed E-state index contributed by atoms with van der Waals surface area (Å²) in [5, 5.41) is 0. The highest BCUT2D eigenvalue weighted by Crippen LogP contribution is 2.22. The smallest absolute Gasteiger partial charge is 0.343 e. The molecule has 0 radical (unpaired) electrons. The highest BCUT2D eigenvalue weighted by Gasteiger charge is 2.11. The minimum Gasteiger partial charge on any atom is -0.494 e. The van der Waals surface area contributed by atoms with Crippen molar-refractivity contribution in [2.24, 2.45) is 0 Å². The van der Waals surface area contributed by atoms with Crippen LogP contribution in [0, 0.1) is 0 Å². The number of benzene rings is 2. The zero-order chi connectivity index (χ0) is 28.7. The summed E-state index contributed by atoms with van der Waals surface area (Å²) in [6.45, 7) is 7.88. The lowest BCUT2D eigenvalue weighted by atomic mass is 10.0. The largest absolute Gasteiger partial charge is 0.494 e. The van der Waals surface area contributed by atoms with Gasteiger partial charge in [0.2, 0.25) is 0 Å². The van der Waals surface area contributed by atoms with Crippen molar-refractivity contribution in [2.45, 2.75) is 136 Å². The first-order chi connectivity index (χ1) is 19.6.